The van der Waals surface area contributed by atoms with E-state index in [-0.39, 0.29) is 11.8 Å². The molecule has 0 spiro atoms. The Labute approximate surface area is 96.3 Å². The summed E-state index contributed by atoms with van der Waals surface area (Å²) < 4.78 is 0. The van der Waals surface area contributed by atoms with Crippen LogP contribution in [-0.4, -0.2) is 16.9 Å². The van der Waals surface area contributed by atoms with Gasteiger partial charge in [0.15, 0.2) is 0 Å². The van der Waals surface area contributed by atoms with Gasteiger partial charge in [0.2, 0.25) is 5.91 Å². The fourth-order valence-electron chi connectivity index (χ4n) is 1.32. The molecule has 1 aromatic heterocycles. The summed E-state index contributed by atoms with van der Waals surface area (Å²) in [6, 6.07) is 3.33. The highest BCUT2D eigenvalue weighted by atomic mass is 16.2. The van der Waals surface area contributed by atoms with Gasteiger partial charge < -0.3 is 11.1 Å². The Morgan fingerprint density at radius 2 is 2.38 bits per heavy atom. The van der Waals surface area contributed by atoms with E-state index >= 15 is 0 Å². The largest absolute Gasteiger partial charge is 0.351 e. The SMILES string of the molecule is CCC(C)C(N)C(=O)NCc1cccnc1. The second kappa shape index (κ2) is 6.23. The van der Waals surface area contributed by atoms with Gasteiger partial charge in [-0.3, -0.25) is 9.78 Å². The fourth-order valence-corrected chi connectivity index (χ4v) is 1.32. The van der Waals surface area contributed by atoms with Gasteiger partial charge in [-0.25, -0.2) is 0 Å². The van der Waals surface area contributed by atoms with E-state index in [0.29, 0.717) is 6.54 Å². The molecule has 0 fully saturated rings. The number of amides is 1. The summed E-state index contributed by atoms with van der Waals surface area (Å²) in [4.78, 5) is 15.6. The quantitative estimate of drug-likeness (QED) is 0.781. The third-order valence-corrected chi connectivity index (χ3v) is 2.75. The number of rotatable bonds is 5. The van der Waals surface area contributed by atoms with E-state index in [4.69, 9.17) is 5.73 Å². The number of carbonyl (C=O) groups excluding carboxylic acids is 1. The monoisotopic (exact) mass is 221 g/mol. The van der Waals surface area contributed by atoms with E-state index < -0.39 is 6.04 Å². The first-order chi connectivity index (χ1) is 7.65. The van der Waals surface area contributed by atoms with Crippen LogP contribution in [0, 0.1) is 5.92 Å². The molecule has 3 N–H and O–H groups in total. The van der Waals surface area contributed by atoms with Gasteiger partial charge in [0.1, 0.15) is 0 Å². The van der Waals surface area contributed by atoms with E-state index in [2.05, 4.69) is 10.3 Å². The molecule has 16 heavy (non-hydrogen) atoms. The van der Waals surface area contributed by atoms with E-state index in [0.717, 1.165) is 12.0 Å². The summed E-state index contributed by atoms with van der Waals surface area (Å²) in [7, 11) is 0. The second-order valence-corrected chi connectivity index (χ2v) is 3.99. The Bertz CT molecular complexity index is 326. The van der Waals surface area contributed by atoms with Gasteiger partial charge >= 0.3 is 0 Å². The molecule has 1 aromatic rings. The number of nitrogens with zero attached hydrogens (tertiary/aromatic N) is 1. The van der Waals surface area contributed by atoms with Crippen molar-refractivity contribution in [3.8, 4) is 0 Å². The Kier molecular flexibility index (Phi) is 4.92. The van der Waals surface area contributed by atoms with Gasteiger partial charge in [-0.2, -0.15) is 0 Å². The number of nitrogens with two attached hydrogens (primary N) is 1. The zero-order valence-electron chi connectivity index (χ0n) is 9.81. The molecule has 2 unspecified atom stereocenters. The number of hydrogen-bond donors (Lipinski definition) is 2. The first-order valence-electron chi connectivity index (χ1n) is 5.57. The first-order valence-corrected chi connectivity index (χ1v) is 5.57. The van der Waals surface area contributed by atoms with Crippen LogP contribution in [-0.2, 0) is 11.3 Å². The summed E-state index contributed by atoms with van der Waals surface area (Å²) in [6.45, 7) is 4.49. The summed E-state index contributed by atoms with van der Waals surface area (Å²) in [5.74, 6) is 0.104. The lowest BCUT2D eigenvalue weighted by molar-refractivity contribution is -0.123. The molecule has 0 bridgehead atoms. The number of pyridine rings is 1. The van der Waals surface area contributed by atoms with Crippen molar-refractivity contribution < 1.29 is 4.79 Å². The van der Waals surface area contributed by atoms with Crippen molar-refractivity contribution in [2.45, 2.75) is 32.9 Å². The van der Waals surface area contributed by atoms with E-state index in [1.807, 2.05) is 26.0 Å². The molecule has 0 radical (unpaired) electrons. The van der Waals surface area contributed by atoms with Gasteiger partial charge in [0.05, 0.1) is 6.04 Å². The minimum Gasteiger partial charge on any atom is -0.351 e. The highest BCUT2D eigenvalue weighted by Gasteiger charge is 2.18. The molecule has 0 aromatic carbocycles. The normalized spacial score (nSPS) is 14.2. The third-order valence-electron chi connectivity index (χ3n) is 2.75. The Balaban J connectivity index is 2.41. The minimum atomic E-state index is -0.429. The standard InChI is InChI=1S/C12H19N3O/c1-3-9(2)11(13)12(16)15-8-10-5-4-6-14-7-10/h4-7,9,11H,3,8,13H2,1-2H3,(H,15,16). The maximum Gasteiger partial charge on any atom is 0.237 e. The van der Waals surface area contributed by atoms with Crippen LogP contribution in [0.25, 0.3) is 0 Å². The van der Waals surface area contributed by atoms with E-state index in [9.17, 15) is 4.79 Å². The Morgan fingerprint density at radius 3 is 2.94 bits per heavy atom. The summed E-state index contributed by atoms with van der Waals surface area (Å²) in [5, 5.41) is 2.81. The highest BCUT2D eigenvalue weighted by Crippen LogP contribution is 2.05. The molecular formula is C12H19N3O. The van der Waals surface area contributed by atoms with Gasteiger partial charge in [-0.15, -0.1) is 0 Å². The predicted octanol–water partition coefficient (Wildman–Crippen LogP) is 1.07. The summed E-state index contributed by atoms with van der Waals surface area (Å²) in [5.41, 5.74) is 6.79. The number of carbonyl (C=O) groups is 1. The molecule has 2 atom stereocenters. The first kappa shape index (κ1) is 12.6. The zero-order valence-corrected chi connectivity index (χ0v) is 9.81. The Morgan fingerprint density at radius 1 is 1.62 bits per heavy atom. The van der Waals surface area contributed by atoms with E-state index in [1.54, 1.807) is 12.4 Å². The molecule has 0 saturated heterocycles. The summed E-state index contributed by atoms with van der Waals surface area (Å²) in [6.07, 6.45) is 4.34. The van der Waals surface area contributed by atoms with Gasteiger partial charge in [0, 0.05) is 18.9 Å². The molecule has 0 aliphatic heterocycles. The lowest BCUT2D eigenvalue weighted by Gasteiger charge is -2.17. The molecule has 1 amide bonds. The molecule has 4 heteroatoms. The lowest BCUT2D eigenvalue weighted by Crippen LogP contribution is -2.44. The summed E-state index contributed by atoms with van der Waals surface area (Å²) >= 11 is 0. The third kappa shape index (κ3) is 3.62. The molecule has 0 aliphatic rings. The van der Waals surface area contributed by atoms with Crippen LogP contribution in [0.1, 0.15) is 25.8 Å². The van der Waals surface area contributed by atoms with Crippen LogP contribution < -0.4 is 11.1 Å². The van der Waals surface area contributed by atoms with Crippen molar-refractivity contribution in [2.75, 3.05) is 0 Å². The topological polar surface area (TPSA) is 68.0 Å². The zero-order chi connectivity index (χ0) is 12.0. The molecular weight excluding hydrogens is 202 g/mol. The number of aromatic nitrogens is 1. The van der Waals surface area contributed by atoms with Crippen molar-refractivity contribution in [1.82, 2.24) is 10.3 Å². The molecule has 1 rings (SSSR count). The molecule has 0 saturated carbocycles. The van der Waals surface area contributed by atoms with Crippen LogP contribution in [0.3, 0.4) is 0 Å². The van der Waals surface area contributed by atoms with Crippen molar-refractivity contribution in [3.05, 3.63) is 30.1 Å². The smallest absolute Gasteiger partial charge is 0.237 e. The van der Waals surface area contributed by atoms with E-state index in [1.165, 1.54) is 0 Å². The van der Waals surface area contributed by atoms with Crippen LogP contribution in [0.15, 0.2) is 24.5 Å². The van der Waals surface area contributed by atoms with Crippen molar-refractivity contribution in [2.24, 2.45) is 11.7 Å². The van der Waals surface area contributed by atoms with Crippen molar-refractivity contribution in [3.63, 3.8) is 0 Å². The molecule has 4 nitrogen and oxygen atoms in total. The van der Waals surface area contributed by atoms with Gasteiger partial charge in [-0.1, -0.05) is 26.3 Å². The predicted molar refractivity (Wildman–Crippen MR) is 63.5 cm³/mol. The van der Waals surface area contributed by atoms with Crippen molar-refractivity contribution in [1.29, 1.82) is 0 Å². The minimum absolute atomic E-state index is 0.0989. The number of hydrogen-bond acceptors (Lipinski definition) is 3. The lowest BCUT2D eigenvalue weighted by atomic mass is 9.99. The van der Waals surface area contributed by atoms with Crippen LogP contribution in [0.5, 0.6) is 0 Å². The molecule has 0 aliphatic carbocycles. The van der Waals surface area contributed by atoms with Gasteiger partial charge in [-0.05, 0) is 17.5 Å². The molecule has 88 valence electrons. The second-order valence-electron chi connectivity index (χ2n) is 3.99. The number of nitrogens with one attached hydrogen (secondary N) is 1. The van der Waals surface area contributed by atoms with Crippen LogP contribution in [0.4, 0.5) is 0 Å². The van der Waals surface area contributed by atoms with Crippen molar-refractivity contribution >= 4 is 5.91 Å². The average Bonchev–Trinajstić information content (AvgIpc) is 2.35. The fraction of sp³-hybridized carbons (Fsp3) is 0.500. The maximum atomic E-state index is 11.7. The highest BCUT2D eigenvalue weighted by molar-refractivity contribution is 5.81. The Hall–Kier alpha value is -1.42. The van der Waals surface area contributed by atoms with Crippen LogP contribution in [0.2, 0.25) is 0 Å². The van der Waals surface area contributed by atoms with Gasteiger partial charge in [0.25, 0.3) is 0 Å². The van der Waals surface area contributed by atoms with Crippen LogP contribution >= 0.6 is 0 Å². The maximum absolute atomic E-state index is 11.7. The average molecular weight is 221 g/mol. The molecule has 1 heterocycles.